The molecule has 0 unspecified atom stereocenters. The maximum atomic E-state index is 13.3. The minimum atomic E-state index is -1.34. The maximum absolute atomic E-state index is 13.3. The summed E-state index contributed by atoms with van der Waals surface area (Å²) in [5, 5.41) is 6.24. The summed E-state index contributed by atoms with van der Waals surface area (Å²) in [5.41, 5.74) is 0.862. The summed E-state index contributed by atoms with van der Waals surface area (Å²) in [6, 6.07) is 20.5. The van der Waals surface area contributed by atoms with Crippen LogP contribution in [0.15, 0.2) is 72.8 Å². The van der Waals surface area contributed by atoms with Gasteiger partial charge in [0.15, 0.2) is 11.5 Å². The number of carbonyl (C=O) groups is 3. The molecule has 5 rings (SSSR count). The molecule has 3 aromatic rings. The van der Waals surface area contributed by atoms with E-state index in [9.17, 15) is 14.4 Å². The Bertz CT molecular complexity index is 1300. The number of nitrogens with zero attached hydrogens (tertiary/aromatic N) is 1. The van der Waals surface area contributed by atoms with Crippen LogP contribution in [-0.4, -0.2) is 36.1 Å². The van der Waals surface area contributed by atoms with Gasteiger partial charge in [0.2, 0.25) is 12.7 Å². The van der Waals surface area contributed by atoms with Crippen LogP contribution in [0.5, 0.6) is 11.5 Å². The van der Waals surface area contributed by atoms with E-state index in [2.05, 4.69) is 10.6 Å². The molecule has 8 nitrogen and oxygen atoms in total. The first-order chi connectivity index (χ1) is 16.8. The number of amides is 4. The predicted octanol–water partition coefficient (Wildman–Crippen LogP) is 3.74. The van der Waals surface area contributed by atoms with Gasteiger partial charge in [0, 0.05) is 5.02 Å². The molecule has 9 heteroatoms. The summed E-state index contributed by atoms with van der Waals surface area (Å²) in [6.07, 6.45) is 0. The number of nitrogens with one attached hydrogen (secondary N) is 2. The standard InChI is InChI=1S/C26H22ClN3O5/c1-26(18-9-12-20-21(13-18)35-15-34-20)24(32)30(25(33)29-26)14-22(31)28-23(16-5-3-2-4-6-16)17-7-10-19(27)11-8-17/h2-13,23H,14-15H2,1H3,(H,28,31)(H,29,33)/t23-,26-/m0/s1. The fraction of sp³-hybridized carbons (Fsp3) is 0.192. The van der Waals surface area contributed by atoms with Crippen LogP contribution in [0.2, 0.25) is 5.02 Å². The number of benzene rings is 3. The third-order valence-electron chi connectivity index (χ3n) is 6.17. The lowest BCUT2D eigenvalue weighted by Gasteiger charge is -2.23. The van der Waals surface area contributed by atoms with Crippen LogP contribution in [0, 0.1) is 0 Å². The van der Waals surface area contributed by atoms with E-state index >= 15 is 0 Å². The van der Waals surface area contributed by atoms with Gasteiger partial charge < -0.3 is 20.1 Å². The number of ether oxygens (including phenoxy) is 2. The topological polar surface area (TPSA) is 97.0 Å². The maximum Gasteiger partial charge on any atom is 0.325 e. The molecule has 2 heterocycles. The fourth-order valence-corrected chi connectivity index (χ4v) is 4.38. The van der Waals surface area contributed by atoms with Crippen molar-refractivity contribution in [2.75, 3.05) is 13.3 Å². The molecule has 2 aliphatic heterocycles. The highest BCUT2D eigenvalue weighted by atomic mass is 35.5. The third-order valence-corrected chi connectivity index (χ3v) is 6.42. The van der Waals surface area contributed by atoms with Gasteiger partial charge in [-0.25, -0.2) is 4.79 Å². The Hall–Kier alpha value is -4.04. The molecule has 0 aliphatic carbocycles. The predicted molar refractivity (Wildman–Crippen MR) is 128 cm³/mol. The Kier molecular flexibility index (Phi) is 5.82. The van der Waals surface area contributed by atoms with Gasteiger partial charge in [0.05, 0.1) is 6.04 Å². The molecule has 0 radical (unpaired) electrons. The van der Waals surface area contributed by atoms with E-state index in [0.29, 0.717) is 22.1 Å². The molecule has 0 saturated carbocycles. The highest BCUT2D eigenvalue weighted by Gasteiger charge is 2.50. The first-order valence-corrected chi connectivity index (χ1v) is 11.4. The van der Waals surface area contributed by atoms with Crippen LogP contribution in [0.3, 0.4) is 0 Å². The number of halogens is 1. The molecule has 2 aliphatic rings. The zero-order valence-corrected chi connectivity index (χ0v) is 19.5. The van der Waals surface area contributed by atoms with Gasteiger partial charge in [-0.3, -0.25) is 14.5 Å². The van der Waals surface area contributed by atoms with Crippen LogP contribution >= 0.6 is 11.6 Å². The molecular formula is C26H22ClN3O5. The number of fused-ring (bicyclic) bond motifs is 1. The SMILES string of the molecule is C[C@@]1(c2ccc3c(c2)OCO3)NC(=O)N(CC(=O)N[C@@H](c2ccccc2)c2ccc(Cl)cc2)C1=O. The first-order valence-electron chi connectivity index (χ1n) is 11.0. The number of carbonyl (C=O) groups excluding carboxylic acids is 3. The van der Waals surface area contributed by atoms with Gasteiger partial charge in [-0.15, -0.1) is 0 Å². The van der Waals surface area contributed by atoms with Crippen molar-refractivity contribution in [1.82, 2.24) is 15.5 Å². The molecule has 35 heavy (non-hydrogen) atoms. The number of rotatable bonds is 6. The highest BCUT2D eigenvalue weighted by Crippen LogP contribution is 2.37. The molecule has 0 bridgehead atoms. The molecule has 0 spiro atoms. The van der Waals surface area contributed by atoms with Crippen molar-refractivity contribution in [2.24, 2.45) is 0 Å². The molecule has 0 aromatic heterocycles. The Morgan fingerprint density at radius 2 is 1.71 bits per heavy atom. The smallest absolute Gasteiger partial charge is 0.325 e. The fourth-order valence-electron chi connectivity index (χ4n) is 4.25. The summed E-state index contributed by atoms with van der Waals surface area (Å²) in [6.45, 7) is 1.27. The molecule has 1 saturated heterocycles. The third kappa shape index (κ3) is 4.28. The second-order valence-corrected chi connectivity index (χ2v) is 8.91. The van der Waals surface area contributed by atoms with Gasteiger partial charge in [-0.1, -0.05) is 60.1 Å². The number of hydrogen-bond acceptors (Lipinski definition) is 5. The van der Waals surface area contributed by atoms with Crippen molar-refractivity contribution < 1.29 is 23.9 Å². The number of imide groups is 1. The Morgan fingerprint density at radius 3 is 2.46 bits per heavy atom. The lowest BCUT2D eigenvalue weighted by molar-refractivity contribution is -0.135. The van der Waals surface area contributed by atoms with E-state index in [1.807, 2.05) is 42.5 Å². The van der Waals surface area contributed by atoms with Crippen LogP contribution in [0.25, 0.3) is 0 Å². The van der Waals surface area contributed by atoms with Crippen LogP contribution in [-0.2, 0) is 15.1 Å². The minimum Gasteiger partial charge on any atom is -0.454 e. The average molecular weight is 492 g/mol. The molecule has 2 atom stereocenters. The van der Waals surface area contributed by atoms with E-state index in [1.165, 1.54) is 0 Å². The van der Waals surface area contributed by atoms with Crippen molar-refractivity contribution in [3.05, 3.63) is 94.5 Å². The second kappa shape index (κ2) is 8.96. The van der Waals surface area contributed by atoms with E-state index in [4.69, 9.17) is 21.1 Å². The monoisotopic (exact) mass is 491 g/mol. The van der Waals surface area contributed by atoms with E-state index in [1.54, 1.807) is 37.3 Å². The van der Waals surface area contributed by atoms with Crippen molar-refractivity contribution in [1.29, 1.82) is 0 Å². The van der Waals surface area contributed by atoms with Crippen molar-refractivity contribution in [2.45, 2.75) is 18.5 Å². The lowest BCUT2D eigenvalue weighted by Crippen LogP contribution is -2.44. The largest absolute Gasteiger partial charge is 0.454 e. The Balaban J connectivity index is 1.35. The summed E-state index contributed by atoms with van der Waals surface area (Å²) in [4.78, 5) is 40.1. The highest BCUT2D eigenvalue weighted by molar-refractivity contribution is 6.30. The molecule has 4 amide bonds. The number of hydrogen-bond donors (Lipinski definition) is 2. The normalized spacial score (nSPS) is 19.4. The van der Waals surface area contributed by atoms with Crippen molar-refractivity contribution in [3.8, 4) is 11.5 Å². The van der Waals surface area contributed by atoms with Crippen LogP contribution in [0.1, 0.15) is 29.7 Å². The van der Waals surface area contributed by atoms with Crippen LogP contribution < -0.4 is 20.1 Å². The number of urea groups is 1. The molecule has 1 fully saturated rings. The minimum absolute atomic E-state index is 0.0955. The van der Waals surface area contributed by atoms with Gasteiger partial charge in [-0.05, 0) is 47.9 Å². The quantitative estimate of drug-likeness (QED) is 0.512. The summed E-state index contributed by atoms with van der Waals surface area (Å²) in [5.74, 6) is 0.0571. The van der Waals surface area contributed by atoms with Gasteiger partial charge in [0.1, 0.15) is 12.1 Å². The average Bonchev–Trinajstić information content (AvgIpc) is 3.42. The van der Waals surface area contributed by atoms with E-state index < -0.39 is 36.0 Å². The van der Waals surface area contributed by atoms with E-state index in [0.717, 1.165) is 16.0 Å². The molecular weight excluding hydrogens is 470 g/mol. The van der Waals surface area contributed by atoms with Gasteiger partial charge >= 0.3 is 6.03 Å². The summed E-state index contributed by atoms with van der Waals surface area (Å²) in [7, 11) is 0. The zero-order chi connectivity index (χ0) is 24.6. The van der Waals surface area contributed by atoms with Gasteiger partial charge in [-0.2, -0.15) is 0 Å². The van der Waals surface area contributed by atoms with Crippen LogP contribution in [0.4, 0.5) is 4.79 Å². The second-order valence-electron chi connectivity index (χ2n) is 8.48. The summed E-state index contributed by atoms with van der Waals surface area (Å²) >= 11 is 6.03. The van der Waals surface area contributed by atoms with E-state index in [-0.39, 0.29) is 6.79 Å². The zero-order valence-electron chi connectivity index (χ0n) is 18.8. The van der Waals surface area contributed by atoms with Crippen molar-refractivity contribution in [3.63, 3.8) is 0 Å². The summed E-state index contributed by atoms with van der Waals surface area (Å²) < 4.78 is 10.7. The van der Waals surface area contributed by atoms with Crippen molar-refractivity contribution >= 4 is 29.4 Å². The molecule has 178 valence electrons. The molecule has 3 aromatic carbocycles. The Labute approximate surface area is 206 Å². The molecule has 2 N–H and O–H groups in total. The Morgan fingerprint density at radius 1 is 1.03 bits per heavy atom. The van der Waals surface area contributed by atoms with Gasteiger partial charge in [0.25, 0.3) is 5.91 Å². The lowest BCUT2D eigenvalue weighted by atomic mass is 9.91. The first kappa shape index (κ1) is 22.7.